The molecule has 0 aliphatic heterocycles. The number of carbonyl (C=O) groups is 2. The first-order valence-corrected chi connectivity index (χ1v) is 22.2. The second kappa shape index (κ2) is 37.5. The average Bonchev–Trinajstić information content (AvgIpc) is 3.10. The summed E-state index contributed by atoms with van der Waals surface area (Å²) in [5.41, 5.74) is 5.34. The average molecular weight is 732 g/mol. The molecule has 10 heteroatoms. The quantitative estimate of drug-likeness (QED) is 0.0274. The maximum absolute atomic E-state index is 12.5. The Morgan fingerprint density at radius 2 is 0.980 bits per heavy atom. The molecular weight excluding hydrogens is 653 g/mol. The van der Waals surface area contributed by atoms with Crippen LogP contribution in [0.4, 0.5) is 0 Å². The van der Waals surface area contributed by atoms with E-state index in [0.29, 0.717) is 6.42 Å². The number of ether oxygens (including phenoxy) is 2. The zero-order valence-electron chi connectivity index (χ0n) is 32.4. The molecule has 0 spiro atoms. The van der Waals surface area contributed by atoms with E-state index in [9.17, 15) is 19.0 Å². The van der Waals surface area contributed by atoms with Gasteiger partial charge in [0.25, 0.3) is 0 Å². The highest BCUT2D eigenvalue weighted by atomic mass is 31.2. The molecule has 0 heterocycles. The molecule has 0 aliphatic rings. The largest absolute Gasteiger partial charge is 0.472 e. The number of phosphoric ester groups is 1. The fourth-order valence-electron chi connectivity index (χ4n) is 5.81. The highest BCUT2D eigenvalue weighted by molar-refractivity contribution is 7.47. The summed E-state index contributed by atoms with van der Waals surface area (Å²) in [5.74, 6) is -0.830. The van der Waals surface area contributed by atoms with Gasteiger partial charge in [-0.2, -0.15) is 0 Å². The zero-order chi connectivity index (χ0) is 36.8. The lowest BCUT2D eigenvalue weighted by atomic mass is 10.0. The van der Waals surface area contributed by atoms with Crippen molar-refractivity contribution in [2.75, 3.05) is 26.4 Å². The van der Waals surface area contributed by atoms with Crippen LogP contribution in [0.25, 0.3) is 0 Å². The molecule has 0 fully saturated rings. The molecule has 0 rings (SSSR count). The van der Waals surface area contributed by atoms with Crippen molar-refractivity contribution in [2.45, 2.75) is 206 Å². The molecule has 0 amide bonds. The zero-order valence-corrected chi connectivity index (χ0v) is 33.3. The van der Waals surface area contributed by atoms with Gasteiger partial charge in [0, 0.05) is 19.4 Å². The minimum Gasteiger partial charge on any atom is -0.462 e. The molecule has 0 bridgehead atoms. The van der Waals surface area contributed by atoms with Crippen LogP contribution in [-0.2, 0) is 32.7 Å². The summed E-state index contributed by atoms with van der Waals surface area (Å²) in [6.07, 6.45) is 36.6. The number of carbonyl (C=O) groups excluding carboxylic acids is 2. The number of hydrogen-bond donors (Lipinski definition) is 2. The van der Waals surface area contributed by atoms with Gasteiger partial charge in [-0.1, -0.05) is 161 Å². The number of nitrogens with two attached hydrogens (primary N) is 1. The molecule has 9 nitrogen and oxygen atoms in total. The number of rotatable bonds is 39. The van der Waals surface area contributed by atoms with Crippen LogP contribution in [0.15, 0.2) is 12.2 Å². The molecule has 0 saturated carbocycles. The third kappa shape index (κ3) is 36.5. The fraction of sp³-hybridized carbons (Fsp3) is 0.900. The maximum Gasteiger partial charge on any atom is 0.472 e. The normalized spacial score (nSPS) is 13.4. The molecule has 0 aromatic carbocycles. The Labute approximate surface area is 307 Å². The van der Waals surface area contributed by atoms with Gasteiger partial charge >= 0.3 is 19.8 Å². The number of hydrogen-bond acceptors (Lipinski definition) is 8. The van der Waals surface area contributed by atoms with Crippen molar-refractivity contribution in [3.8, 4) is 0 Å². The van der Waals surface area contributed by atoms with E-state index in [0.717, 1.165) is 51.4 Å². The molecule has 0 aromatic rings. The van der Waals surface area contributed by atoms with Crippen LogP contribution in [-0.4, -0.2) is 49.3 Å². The summed E-state index contributed by atoms with van der Waals surface area (Å²) in [6, 6.07) is 0. The standard InChI is InChI=1S/C40H78NO8P/c1-3-5-7-9-11-13-15-17-18-19-21-23-25-27-29-31-33-40(43)49-38(37-48-50(44,45)47-35-34-41)36-46-39(42)32-30-28-26-24-22-20-16-14-12-10-8-6-4-2/h14,16,38H,3-13,15,17-37,41H2,1-2H3,(H,44,45)/b16-14-/t38-/m1/s1. The Balaban J connectivity index is 4.16. The lowest BCUT2D eigenvalue weighted by Gasteiger charge is -2.19. The van der Waals surface area contributed by atoms with Gasteiger partial charge in [-0.15, -0.1) is 0 Å². The molecule has 1 unspecified atom stereocenters. The Bertz CT molecular complexity index is 840. The first kappa shape index (κ1) is 48.8. The lowest BCUT2D eigenvalue weighted by molar-refractivity contribution is -0.161. The first-order chi connectivity index (χ1) is 24.3. The van der Waals surface area contributed by atoms with E-state index in [1.807, 2.05) is 0 Å². The molecule has 0 aromatic heterocycles. The smallest absolute Gasteiger partial charge is 0.462 e. The SMILES string of the molecule is CCCCCC/C=C\CCCCCCCC(=O)OC[C@H](COP(=O)(O)OCCN)OC(=O)CCCCCCCCCCCCCCCCCC. The van der Waals surface area contributed by atoms with E-state index in [4.69, 9.17) is 24.3 Å². The second-order valence-electron chi connectivity index (χ2n) is 13.9. The van der Waals surface area contributed by atoms with Crippen molar-refractivity contribution < 1.29 is 37.6 Å². The van der Waals surface area contributed by atoms with E-state index >= 15 is 0 Å². The predicted octanol–water partition coefficient (Wildman–Crippen LogP) is 11.4. The van der Waals surface area contributed by atoms with Crippen LogP contribution in [0.5, 0.6) is 0 Å². The number of phosphoric acid groups is 1. The third-order valence-corrected chi connectivity index (χ3v) is 9.89. The van der Waals surface area contributed by atoms with Crippen molar-refractivity contribution in [3.63, 3.8) is 0 Å². The monoisotopic (exact) mass is 732 g/mol. The summed E-state index contributed by atoms with van der Waals surface area (Å²) >= 11 is 0. The molecule has 50 heavy (non-hydrogen) atoms. The molecular formula is C40H78NO8P. The van der Waals surface area contributed by atoms with E-state index in [1.54, 1.807) is 0 Å². The molecule has 0 saturated heterocycles. The highest BCUT2D eigenvalue weighted by Crippen LogP contribution is 2.43. The summed E-state index contributed by atoms with van der Waals surface area (Å²) in [6.45, 7) is 3.72. The van der Waals surface area contributed by atoms with Gasteiger partial charge in [-0.3, -0.25) is 18.6 Å². The van der Waals surface area contributed by atoms with Gasteiger partial charge in [-0.25, -0.2) is 4.57 Å². The van der Waals surface area contributed by atoms with E-state index in [1.165, 1.54) is 116 Å². The summed E-state index contributed by atoms with van der Waals surface area (Å²) in [5, 5.41) is 0. The van der Waals surface area contributed by atoms with Crippen LogP contribution in [0.1, 0.15) is 200 Å². The molecule has 0 radical (unpaired) electrons. The second-order valence-corrected chi connectivity index (χ2v) is 15.3. The van der Waals surface area contributed by atoms with Crippen molar-refractivity contribution in [1.82, 2.24) is 0 Å². The lowest BCUT2D eigenvalue weighted by Crippen LogP contribution is -2.29. The number of unbranched alkanes of at least 4 members (excludes halogenated alkanes) is 24. The van der Waals surface area contributed by atoms with Crippen LogP contribution in [0, 0.1) is 0 Å². The van der Waals surface area contributed by atoms with Crippen molar-refractivity contribution in [2.24, 2.45) is 5.73 Å². The Morgan fingerprint density at radius 1 is 0.580 bits per heavy atom. The van der Waals surface area contributed by atoms with Crippen LogP contribution < -0.4 is 5.73 Å². The van der Waals surface area contributed by atoms with Crippen LogP contribution in [0.3, 0.4) is 0 Å². The van der Waals surface area contributed by atoms with Gasteiger partial charge in [0.2, 0.25) is 0 Å². The molecule has 2 atom stereocenters. The van der Waals surface area contributed by atoms with Gasteiger partial charge < -0.3 is 20.1 Å². The van der Waals surface area contributed by atoms with Crippen molar-refractivity contribution in [1.29, 1.82) is 0 Å². The van der Waals surface area contributed by atoms with Crippen molar-refractivity contribution >= 4 is 19.8 Å². The Hall–Kier alpha value is -1.25. The van der Waals surface area contributed by atoms with Gasteiger partial charge in [-0.05, 0) is 38.5 Å². The fourth-order valence-corrected chi connectivity index (χ4v) is 6.57. The van der Waals surface area contributed by atoms with Crippen molar-refractivity contribution in [3.05, 3.63) is 12.2 Å². The van der Waals surface area contributed by atoms with Gasteiger partial charge in [0.15, 0.2) is 6.10 Å². The Kier molecular flexibility index (Phi) is 36.6. The minimum atomic E-state index is -4.37. The summed E-state index contributed by atoms with van der Waals surface area (Å²) < 4.78 is 32.7. The topological polar surface area (TPSA) is 134 Å². The predicted molar refractivity (Wildman–Crippen MR) is 206 cm³/mol. The number of allylic oxidation sites excluding steroid dienone is 2. The highest BCUT2D eigenvalue weighted by Gasteiger charge is 2.26. The van der Waals surface area contributed by atoms with E-state index in [2.05, 4.69) is 26.0 Å². The minimum absolute atomic E-state index is 0.0550. The molecule has 3 N–H and O–H groups in total. The third-order valence-electron chi connectivity index (χ3n) is 8.90. The maximum atomic E-state index is 12.5. The first-order valence-electron chi connectivity index (χ1n) is 20.7. The molecule has 0 aliphatic carbocycles. The van der Waals surface area contributed by atoms with Crippen LogP contribution in [0.2, 0.25) is 0 Å². The van der Waals surface area contributed by atoms with E-state index < -0.39 is 26.5 Å². The molecule has 296 valence electrons. The number of esters is 2. The van der Waals surface area contributed by atoms with Gasteiger partial charge in [0.1, 0.15) is 6.61 Å². The summed E-state index contributed by atoms with van der Waals surface area (Å²) in [7, 11) is -4.37. The van der Waals surface area contributed by atoms with Gasteiger partial charge in [0.05, 0.1) is 13.2 Å². The van der Waals surface area contributed by atoms with Crippen LogP contribution >= 0.6 is 7.82 Å². The Morgan fingerprint density at radius 3 is 1.44 bits per heavy atom. The van der Waals surface area contributed by atoms with E-state index in [-0.39, 0.29) is 38.6 Å². The summed E-state index contributed by atoms with van der Waals surface area (Å²) in [4.78, 5) is 34.8.